The van der Waals surface area contributed by atoms with E-state index in [-0.39, 0.29) is 24.4 Å². The Bertz CT molecular complexity index is 990. The maximum Gasteiger partial charge on any atom is 0.485 e. The Morgan fingerprint density at radius 2 is 1.68 bits per heavy atom. The molecule has 2 aliphatic heterocycles. The largest absolute Gasteiger partial charge is 0.741 e. The van der Waals surface area contributed by atoms with E-state index in [4.69, 9.17) is 36.3 Å². The summed E-state index contributed by atoms with van der Waals surface area (Å²) in [5, 5.41) is 3.26. The van der Waals surface area contributed by atoms with Gasteiger partial charge >= 0.3 is 5.51 Å². The number of hydrogen-bond donors (Lipinski definition) is 0. The smallest absolute Gasteiger partial charge is 0.485 e. The maximum absolute atomic E-state index is 10.7. The van der Waals surface area contributed by atoms with Gasteiger partial charge in [-0.05, 0) is 45.8 Å². The highest BCUT2D eigenvalue weighted by Gasteiger charge is 2.55. The Morgan fingerprint density at radius 1 is 1.14 bits per heavy atom. The van der Waals surface area contributed by atoms with Gasteiger partial charge in [-0.15, -0.1) is 0 Å². The van der Waals surface area contributed by atoms with Gasteiger partial charge in [0.2, 0.25) is 0 Å². The zero-order valence-corrected chi connectivity index (χ0v) is 25.1. The predicted octanol–water partition coefficient (Wildman–Crippen LogP) is 4.36. The van der Waals surface area contributed by atoms with Crippen molar-refractivity contribution < 1.29 is 54.1 Å². The van der Waals surface area contributed by atoms with E-state index in [2.05, 4.69) is 44.0 Å². The molecule has 0 radical (unpaired) electrons. The molecule has 0 aliphatic carbocycles. The third-order valence-electron chi connectivity index (χ3n) is 6.52. The molecule has 4 atom stereocenters. The van der Waals surface area contributed by atoms with E-state index in [1.165, 1.54) is 0 Å². The number of hydrogen-bond acceptors (Lipinski definition) is 9. The van der Waals surface area contributed by atoms with Crippen molar-refractivity contribution in [3.05, 3.63) is 16.6 Å². The van der Waals surface area contributed by atoms with Gasteiger partial charge in [0.1, 0.15) is 25.4 Å². The van der Waals surface area contributed by atoms with Crippen molar-refractivity contribution in [2.24, 2.45) is 7.05 Å². The molecule has 2 aliphatic rings. The van der Waals surface area contributed by atoms with E-state index in [1.54, 1.807) is 11.3 Å². The Kier molecular flexibility index (Phi) is 10.4. The number of nitrogens with zero attached hydrogens (tertiary/aromatic N) is 1. The van der Waals surface area contributed by atoms with Crippen LogP contribution in [0.3, 0.4) is 0 Å². The van der Waals surface area contributed by atoms with Crippen molar-refractivity contribution in [3.63, 3.8) is 0 Å². The van der Waals surface area contributed by atoms with Crippen LogP contribution in [0.1, 0.15) is 59.6 Å². The average molecular weight is 594 g/mol. The van der Waals surface area contributed by atoms with Crippen LogP contribution in [0.4, 0.5) is 13.2 Å². The lowest BCUT2D eigenvalue weighted by Crippen LogP contribution is -2.48. The molecule has 0 saturated carbocycles. The first-order valence-corrected chi connectivity index (χ1v) is 16.9. The summed E-state index contributed by atoms with van der Waals surface area (Å²) in [4.78, 5) is 0. The summed E-state index contributed by atoms with van der Waals surface area (Å²) in [6.07, 6.45) is 1.20. The molecule has 0 bridgehead atoms. The van der Waals surface area contributed by atoms with Crippen LogP contribution in [-0.4, -0.2) is 63.3 Å². The molecule has 1 aromatic heterocycles. The van der Waals surface area contributed by atoms with Crippen LogP contribution in [0, 0.1) is 0 Å². The molecule has 0 aromatic carbocycles. The molecule has 2 fully saturated rings. The highest BCUT2D eigenvalue weighted by Crippen LogP contribution is 2.43. The fraction of sp³-hybridized carbons (Fsp3) is 0.864. The van der Waals surface area contributed by atoms with Crippen LogP contribution in [0.2, 0.25) is 18.1 Å². The summed E-state index contributed by atoms with van der Waals surface area (Å²) in [6, 6.07) is 3.26. The lowest BCUT2D eigenvalue weighted by Gasteiger charge is -2.35. The summed E-state index contributed by atoms with van der Waals surface area (Å²) < 4.78 is 93.0. The molecule has 1 aromatic rings. The number of ether oxygens (including phenoxy) is 4. The minimum Gasteiger partial charge on any atom is -0.741 e. The number of halogens is 3. The normalized spacial score (nSPS) is 26.5. The zero-order valence-electron chi connectivity index (χ0n) is 22.5. The van der Waals surface area contributed by atoms with Crippen LogP contribution in [0.15, 0.2) is 11.6 Å². The van der Waals surface area contributed by atoms with Crippen LogP contribution < -0.4 is 4.57 Å². The zero-order chi connectivity index (χ0) is 28.4. The van der Waals surface area contributed by atoms with Gasteiger partial charge < -0.3 is 27.9 Å². The van der Waals surface area contributed by atoms with E-state index in [9.17, 15) is 13.2 Å². The lowest BCUT2D eigenvalue weighted by atomic mass is 10.0. The molecule has 3 rings (SSSR count). The van der Waals surface area contributed by atoms with Crippen molar-refractivity contribution >= 4 is 29.8 Å². The van der Waals surface area contributed by atoms with Gasteiger partial charge in [-0.2, -0.15) is 17.7 Å². The predicted molar refractivity (Wildman–Crippen MR) is 131 cm³/mol. The van der Waals surface area contributed by atoms with E-state index >= 15 is 0 Å². The first-order valence-electron chi connectivity index (χ1n) is 12.1. The van der Waals surface area contributed by atoms with Gasteiger partial charge in [0, 0.05) is 0 Å². The second-order valence-corrected chi connectivity index (χ2v) is 17.0. The van der Waals surface area contributed by atoms with E-state index < -0.39 is 35.5 Å². The van der Waals surface area contributed by atoms with Crippen molar-refractivity contribution in [1.82, 2.24) is 0 Å². The maximum atomic E-state index is 10.7. The molecule has 2 saturated heterocycles. The summed E-state index contributed by atoms with van der Waals surface area (Å²) >= 11 is 1.71. The molecule has 37 heavy (non-hydrogen) atoms. The van der Waals surface area contributed by atoms with Gasteiger partial charge in [-0.1, -0.05) is 32.1 Å². The Labute approximate surface area is 222 Å². The number of aryl methyl sites for hydroxylation is 1. The third-order valence-corrected chi connectivity index (χ3v) is 12.7. The second-order valence-electron chi connectivity index (χ2n) is 9.97. The first-order chi connectivity index (χ1) is 16.8. The monoisotopic (exact) mass is 593 g/mol. The molecule has 216 valence electrons. The van der Waals surface area contributed by atoms with Gasteiger partial charge in [-0.3, -0.25) is 0 Å². The fourth-order valence-corrected chi connectivity index (χ4v) is 8.16. The quantitative estimate of drug-likeness (QED) is 0.189. The molecule has 9 nitrogen and oxygen atoms in total. The average Bonchev–Trinajstić information content (AvgIpc) is 3.45. The van der Waals surface area contributed by atoms with Gasteiger partial charge in [-0.25, -0.2) is 8.42 Å². The molecule has 15 heteroatoms. The van der Waals surface area contributed by atoms with Crippen LogP contribution in [0.5, 0.6) is 0 Å². The number of rotatable bonds is 8. The van der Waals surface area contributed by atoms with Crippen LogP contribution >= 0.6 is 11.3 Å². The SMILES string of the molecule is CC[Si](CC)(CC)O[C@H](c1scc[n+]1C)[C@H]1OC(C)(C)O[C@@H]1[C@@H]1COC(C)(C)O1.O=S(=O)([O-])C(F)(F)F. The van der Waals surface area contributed by atoms with Crippen LogP contribution in [-0.2, 0) is 40.5 Å². The fourth-order valence-electron chi connectivity index (χ4n) is 4.36. The van der Waals surface area contributed by atoms with Gasteiger partial charge in [0.25, 0.3) is 5.01 Å². The third kappa shape index (κ3) is 8.17. The van der Waals surface area contributed by atoms with E-state index in [0.717, 1.165) is 23.1 Å². The van der Waals surface area contributed by atoms with Crippen molar-refractivity contribution in [2.45, 2.75) is 108 Å². The topological polar surface area (TPSA) is 107 Å². The summed E-state index contributed by atoms with van der Waals surface area (Å²) in [7, 11) is -5.90. The molecule has 3 heterocycles. The molecular formula is C22H38F3NO8S2Si. The Hall–Kier alpha value is -0.653. The first kappa shape index (κ1) is 32.6. The standard InChI is InChI=1S/C21H38NO5SSi.CHF3O3S/c1-9-29(10-2,11-3)27-18(19-22(8)12-13-28-19)17-16(25-21(6,7)26-17)15-14-23-20(4,5)24-15;2-1(3,4)8(5,6)7/h12-13,15-18H,9-11,14H2,1-8H3;(H,5,6,7)/q+1;/p-1/t15-,16+,17-,18-;/m0./s1. The summed E-state index contributed by atoms with van der Waals surface area (Å²) in [6.45, 7) is 15.1. The van der Waals surface area contributed by atoms with E-state index in [0.29, 0.717) is 6.61 Å². The van der Waals surface area contributed by atoms with E-state index in [1.807, 2.05) is 27.7 Å². The van der Waals surface area contributed by atoms with Gasteiger partial charge in [0.15, 0.2) is 42.3 Å². The number of alkyl halides is 3. The highest BCUT2D eigenvalue weighted by atomic mass is 32.2. The van der Waals surface area contributed by atoms with Crippen molar-refractivity contribution in [3.8, 4) is 0 Å². The lowest BCUT2D eigenvalue weighted by molar-refractivity contribution is -0.677. The number of aromatic nitrogens is 1. The molecule has 0 amide bonds. The van der Waals surface area contributed by atoms with Gasteiger partial charge in [0.05, 0.1) is 12.0 Å². The minimum atomic E-state index is -6.09. The summed E-state index contributed by atoms with van der Waals surface area (Å²) in [5.74, 6) is -1.30. The van der Waals surface area contributed by atoms with Crippen LogP contribution in [0.25, 0.3) is 0 Å². The summed E-state index contributed by atoms with van der Waals surface area (Å²) in [5.41, 5.74) is -5.65. The highest BCUT2D eigenvalue weighted by molar-refractivity contribution is 7.86. The van der Waals surface area contributed by atoms with Crippen molar-refractivity contribution in [1.29, 1.82) is 0 Å². The second kappa shape index (κ2) is 11.8. The molecule has 0 N–H and O–H groups in total. The Morgan fingerprint density at radius 3 is 2.05 bits per heavy atom. The molecule has 0 spiro atoms. The molecular weight excluding hydrogens is 555 g/mol. The number of thiazole rings is 1. The minimum absolute atomic E-state index is 0.186. The van der Waals surface area contributed by atoms with Crippen molar-refractivity contribution in [2.75, 3.05) is 6.61 Å². The molecule has 0 unspecified atom stereocenters. The Balaban J connectivity index is 0.000000521.